The van der Waals surface area contributed by atoms with Gasteiger partial charge >= 0.3 is 5.69 Å². The number of rotatable bonds is 24. The Morgan fingerprint density at radius 3 is 2.20 bits per heavy atom. The van der Waals surface area contributed by atoms with Crippen molar-refractivity contribution in [2.75, 3.05) is 48.0 Å². The number of ketones is 2. The van der Waals surface area contributed by atoms with Crippen molar-refractivity contribution >= 4 is 35.0 Å². The standard InChI is InChI=1S/C45H73N5O11/c1-12-29(6)42(47(9)45(56)33(27(2)3)25-38(53)41(46-8)28(4)5)39(59-10)26-40(54)48-19-15-16-34(48)43(60-11)30(7)37(52)24-32(44(55)49-20-13-14-21-61-49)22-31-17-18-36(51)35(23-31)50(57)58/h17-18,23,27-30,32-34,39,41-43,46,51H,12-16,19-22,24-26H2,1-11H3/t29-,30-,32+,33-,34-,39+,41-,42-,43+/m0/s1. The van der Waals surface area contributed by atoms with Gasteiger partial charge in [-0.05, 0) is 68.5 Å². The van der Waals surface area contributed by atoms with Crippen LogP contribution in [0.5, 0.6) is 5.75 Å². The highest BCUT2D eigenvalue weighted by molar-refractivity contribution is 5.90. The number of methoxy groups -OCH3 is 2. The Morgan fingerprint density at radius 1 is 0.967 bits per heavy atom. The Bertz CT molecular complexity index is 1650. The number of nitro groups is 1. The number of benzene rings is 1. The van der Waals surface area contributed by atoms with E-state index in [0.29, 0.717) is 44.5 Å². The van der Waals surface area contributed by atoms with E-state index in [2.05, 4.69) is 5.32 Å². The van der Waals surface area contributed by atoms with Gasteiger partial charge in [0, 0.05) is 65.1 Å². The zero-order valence-electron chi connectivity index (χ0n) is 38.4. The molecule has 3 amide bonds. The number of nitrogens with zero attached hydrogens (tertiary/aromatic N) is 4. The van der Waals surface area contributed by atoms with Crippen LogP contribution in [0.1, 0.15) is 105 Å². The molecule has 0 bridgehead atoms. The number of phenolic OH excluding ortho intramolecular Hbond substituents is 1. The van der Waals surface area contributed by atoms with Crippen molar-refractivity contribution in [2.24, 2.45) is 35.5 Å². The number of hydroxylamine groups is 2. The third-order valence-electron chi connectivity index (χ3n) is 13.0. The highest BCUT2D eigenvalue weighted by Crippen LogP contribution is 2.33. The minimum Gasteiger partial charge on any atom is -0.502 e. The number of nitro benzene ring substituents is 1. The third-order valence-corrected chi connectivity index (χ3v) is 13.0. The van der Waals surface area contributed by atoms with Crippen molar-refractivity contribution in [3.8, 4) is 5.75 Å². The second-order valence-electron chi connectivity index (χ2n) is 17.8. The number of ether oxygens (including phenoxy) is 2. The van der Waals surface area contributed by atoms with Gasteiger partial charge in [-0.3, -0.25) is 38.9 Å². The number of nitrogens with one attached hydrogen (secondary N) is 1. The summed E-state index contributed by atoms with van der Waals surface area (Å²) in [6, 6.07) is 2.62. The molecule has 16 heteroatoms. The third kappa shape index (κ3) is 13.3. The summed E-state index contributed by atoms with van der Waals surface area (Å²) in [4.78, 5) is 90.0. The Kier molecular flexibility index (Phi) is 20.2. The highest BCUT2D eigenvalue weighted by Gasteiger charge is 2.44. The number of aromatic hydroxyl groups is 1. The SMILES string of the molecule is CC[C@H](C)[C@@H]([C@@H](CC(=O)N1CCC[C@H]1[C@H](OC)[C@@H](C)C(=O)C[C@@H](Cc1ccc(O)c([N+](=O)[O-])c1)C(=O)N1CCCCO1)OC)N(C)C(=O)[C@@H](CC(=O)[C@@H](NC)C(C)C)C(C)C. The highest BCUT2D eigenvalue weighted by atomic mass is 16.7. The number of hydrogen-bond donors (Lipinski definition) is 2. The van der Waals surface area contributed by atoms with Crippen LogP contribution >= 0.6 is 0 Å². The molecule has 2 aliphatic heterocycles. The van der Waals surface area contributed by atoms with Gasteiger partial charge in [0.15, 0.2) is 11.5 Å². The van der Waals surface area contributed by atoms with Crippen LogP contribution in [0, 0.1) is 45.6 Å². The van der Waals surface area contributed by atoms with Crippen LogP contribution in [-0.2, 0) is 44.7 Å². The van der Waals surface area contributed by atoms with E-state index in [0.717, 1.165) is 12.8 Å². The summed E-state index contributed by atoms with van der Waals surface area (Å²) in [6.45, 7) is 14.8. The van der Waals surface area contributed by atoms with Crippen molar-refractivity contribution in [3.05, 3.63) is 33.9 Å². The molecule has 0 unspecified atom stereocenters. The molecular weight excluding hydrogens is 787 g/mol. The molecule has 9 atom stereocenters. The van der Waals surface area contributed by atoms with Crippen LogP contribution in [0.4, 0.5) is 5.69 Å². The maximum Gasteiger partial charge on any atom is 0.310 e. The zero-order valence-corrected chi connectivity index (χ0v) is 38.4. The van der Waals surface area contributed by atoms with E-state index in [1.54, 1.807) is 37.9 Å². The molecule has 344 valence electrons. The van der Waals surface area contributed by atoms with Crippen molar-refractivity contribution in [2.45, 2.75) is 137 Å². The number of hydrogen-bond acceptors (Lipinski definition) is 12. The van der Waals surface area contributed by atoms with Gasteiger partial charge in [-0.25, -0.2) is 5.06 Å². The second-order valence-corrected chi connectivity index (χ2v) is 17.8. The molecule has 1 aromatic rings. The number of phenols is 1. The van der Waals surface area contributed by atoms with Crippen LogP contribution in [0.15, 0.2) is 18.2 Å². The van der Waals surface area contributed by atoms with Gasteiger partial charge in [0.05, 0.1) is 54.2 Å². The zero-order chi connectivity index (χ0) is 45.7. The van der Waals surface area contributed by atoms with Gasteiger partial charge in [0.25, 0.3) is 0 Å². The molecule has 2 N–H and O–H groups in total. The van der Waals surface area contributed by atoms with Crippen molar-refractivity contribution in [1.29, 1.82) is 0 Å². The van der Waals surface area contributed by atoms with E-state index < -0.39 is 64.3 Å². The first-order chi connectivity index (χ1) is 28.8. The fourth-order valence-corrected chi connectivity index (χ4v) is 9.20. The van der Waals surface area contributed by atoms with Gasteiger partial charge in [0.2, 0.25) is 17.7 Å². The lowest BCUT2D eigenvalue weighted by atomic mass is 9.84. The number of Topliss-reactive ketones (excluding diaryl/α,β-unsaturated/α-hetero) is 2. The molecule has 0 spiro atoms. The molecule has 0 aliphatic carbocycles. The predicted octanol–water partition coefficient (Wildman–Crippen LogP) is 5.37. The van der Waals surface area contributed by atoms with Gasteiger partial charge in [0.1, 0.15) is 5.78 Å². The Morgan fingerprint density at radius 2 is 1.66 bits per heavy atom. The van der Waals surface area contributed by atoms with Crippen molar-refractivity contribution < 1.29 is 48.3 Å². The largest absolute Gasteiger partial charge is 0.502 e. The average molecular weight is 860 g/mol. The molecule has 2 saturated heterocycles. The fourth-order valence-electron chi connectivity index (χ4n) is 9.20. The summed E-state index contributed by atoms with van der Waals surface area (Å²) in [6.07, 6.45) is 2.00. The number of likely N-dealkylation sites (tertiary alicyclic amines) is 1. The Balaban J connectivity index is 1.83. The molecule has 0 saturated carbocycles. The van der Waals surface area contributed by atoms with E-state index >= 15 is 0 Å². The monoisotopic (exact) mass is 860 g/mol. The van der Waals surface area contributed by atoms with E-state index in [1.165, 1.54) is 30.4 Å². The number of carbonyl (C=O) groups is 5. The van der Waals surface area contributed by atoms with E-state index in [9.17, 15) is 39.2 Å². The molecular formula is C45H73N5O11. The summed E-state index contributed by atoms with van der Waals surface area (Å²) < 4.78 is 12.0. The van der Waals surface area contributed by atoms with Crippen molar-refractivity contribution in [1.82, 2.24) is 20.2 Å². The fraction of sp³-hybridized carbons (Fsp3) is 0.756. The van der Waals surface area contributed by atoms with Crippen molar-refractivity contribution in [3.63, 3.8) is 0 Å². The normalized spacial score (nSPS) is 19.8. The lowest BCUT2D eigenvalue weighted by Crippen LogP contribution is -2.54. The van der Waals surface area contributed by atoms with E-state index in [1.807, 2.05) is 41.5 Å². The van der Waals surface area contributed by atoms with E-state index in [-0.39, 0.29) is 72.9 Å². The number of carbonyl (C=O) groups excluding carboxylic acids is 5. The van der Waals surface area contributed by atoms with E-state index in [4.69, 9.17) is 14.3 Å². The van der Waals surface area contributed by atoms with Gasteiger partial charge in [-0.2, -0.15) is 0 Å². The molecule has 3 rings (SSSR count). The predicted molar refractivity (Wildman–Crippen MR) is 230 cm³/mol. The van der Waals surface area contributed by atoms with Crippen LogP contribution in [0.3, 0.4) is 0 Å². The van der Waals surface area contributed by atoms with Crippen LogP contribution < -0.4 is 5.32 Å². The minimum absolute atomic E-state index is 0.000694. The first kappa shape index (κ1) is 51.4. The van der Waals surface area contributed by atoms with Crippen LogP contribution in [-0.4, -0.2) is 133 Å². The summed E-state index contributed by atoms with van der Waals surface area (Å²) in [5, 5.41) is 26.0. The van der Waals surface area contributed by atoms with Gasteiger partial charge in [-0.15, -0.1) is 0 Å². The molecule has 2 fully saturated rings. The molecule has 16 nitrogen and oxygen atoms in total. The lowest BCUT2D eigenvalue weighted by molar-refractivity contribution is -0.385. The molecule has 61 heavy (non-hydrogen) atoms. The topological polar surface area (TPSA) is 198 Å². The Labute approximate surface area is 362 Å². The summed E-state index contributed by atoms with van der Waals surface area (Å²) in [7, 11) is 6.53. The summed E-state index contributed by atoms with van der Waals surface area (Å²) >= 11 is 0. The average Bonchev–Trinajstić information content (AvgIpc) is 3.72. The summed E-state index contributed by atoms with van der Waals surface area (Å²) in [5.41, 5.74) is -0.0858. The van der Waals surface area contributed by atoms with Crippen LogP contribution in [0.25, 0.3) is 0 Å². The molecule has 2 aliphatic rings. The molecule has 0 aromatic heterocycles. The molecule has 0 radical (unpaired) electrons. The van der Waals surface area contributed by atoms with Gasteiger partial charge in [-0.1, -0.05) is 61.0 Å². The Hall–Kier alpha value is -3.99. The maximum absolute atomic E-state index is 14.4. The smallest absolute Gasteiger partial charge is 0.310 e. The van der Waals surface area contributed by atoms with Crippen LogP contribution in [0.2, 0.25) is 0 Å². The molecule has 1 aromatic carbocycles. The first-order valence-electron chi connectivity index (χ1n) is 22.1. The maximum atomic E-state index is 14.4. The lowest BCUT2D eigenvalue weighted by Gasteiger charge is -2.41. The number of amides is 3. The second kappa shape index (κ2) is 24.0. The van der Waals surface area contributed by atoms with Gasteiger partial charge < -0.3 is 29.7 Å². The molecule has 2 heterocycles. The first-order valence-corrected chi connectivity index (χ1v) is 22.1. The summed E-state index contributed by atoms with van der Waals surface area (Å²) in [5.74, 6) is -3.85. The minimum atomic E-state index is -0.913. The quantitative estimate of drug-likeness (QED) is 0.0998. The number of likely N-dealkylation sites (N-methyl/N-ethyl adjacent to an activating group) is 2.